The maximum absolute atomic E-state index is 11.4. The normalized spacial score (nSPS) is 20.1. The minimum Gasteiger partial charge on any atom is -0.362 e. The molecule has 8 heteroatoms. The van der Waals surface area contributed by atoms with Crippen molar-refractivity contribution in [3.63, 3.8) is 0 Å². The van der Waals surface area contributed by atoms with Gasteiger partial charge in [-0.1, -0.05) is 12.1 Å². The van der Waals surface area contributed by atoms with Gasteiger partial charge >= 0.3 is 0 Å². The fraction of sp³-hybridized carbons (Fsp3) is 0.429. The van der Waals surface area contributed by atoms with Gasteiger partial charge < -0.3 is 15.6 Å². The van der Waals surface area contributed by atoms with Crippen LogP contribution >= 0.6 is 12.2 Å². The summed E-state index contributed by atoms with van der Waals surface area (Å²) < 4.78 is 22.8. The van der Waals surface area contributed by atoms with Crippen LogP contribution in [0.5, 0.6) is 0 Å². The Labute approximate surface area is 134 Å². The van der Waals surface area contributed by atoms with Crippen molar-refractivity contribution in [1.29, 1.82) is 0 Å². The standard InChI is InChI=1S/C14H18N4O2S2/c19-22(20)6-5-10(9-22)7-15-14(21)16-8-13-17-11-3-1-2-4-12(11)18-13/h1-4,10H,5-9H2,(H,17,18)(H2,15,16,21)/t10-/m0/s1. The maximum atomic E-state index is 11.4. The lowest BCUT2D eigenvalue weighted by atomic mass is 10.1. The van der Waals surface area contributed by atoms with Gasteiger partial charge in [0.1, 0.15) is 5.82 Å². The van der Waals surface area contributed by atoms with Crippen molar-refractivity contribution in [2.45, 2.75) is 13.0 Å². The third-order valence-corrected chi connectivity index (χ3v) is 5.86. The number of aromatic amines is 1. The smallest absolute Gasteiger partial charge is 0.166 e. The third-order valence-electron chi connectivity index (χ3n) is 3.73. The molecule has 1 fully saturated rings. The number of sulfone groups is 1. The highest BCUT2D eigenvalue weighted by atomic mass is 32.2. The van der Waals surface area contributed by atoms with Gasteiger partial charge in [0.2, 0.25) is 0 Å². The summed E-state index contributed by atoms with van der Waals surface area (Å²) in [7, 11) is -2.83. The fourth-order valence-electron chi connectivity index (χ4n) is 2.59. The van der Waals surface area contributed by atoms with E-state index in [-0.39, 0.29) is 11.7 Å². The molecule has 0 amide bonds. The molecule has 6 nitrogen and oxygen atoms in total. The lowest BCUT2D eigenvalue weighted by molar-refractivity contribution is 0.569. The number of H-pyrrole nitrogens is 1. The molecule has 0 radical (unpaired) electrons. The number of hydrogen-bond acceptors (Lipinski definition) is 4. The molecular weight excluding hydrogens is 320 g/mol. The Hall–Kier alpha value is -1.67. The molecule has 3 N–H and O–H groups in total. The van der Waals surface area contributed by atoms with Crippen LogP contribution in [-0.4, -0.2) is 41.5 Å². The van der Waals surface area contributed by atoms with Gasteiger partial charge in [-0.05, 0) is 36.7 Å². The number of rotatable bonds is 4. The molecule has 1 aliphatic heterocycles. The summed E-state index contributed by atoms with van der Waals surface area (Å²) in [6.45, 7) is 1.09. The van der Waals surface area contributed by atoms with E-state index in [0.29, 0.717) is 30.4 Å². The lowest BCUT2D eigenvalue weighted by Gasteiger charge is -2.12. The number of hydrogen-bond donors (Lipinski definition) is 3. The van der Waals surface area contributed by atoms with Crippen molar-refractivity contribution in [3.8, 4) is 0 Å². The quantitative estimate of drug-likeness (QED) is 0.720. The van der Waals surface area contributed by atoms with Crippen molar-refractivity contribution >= 4 is 38.2 Å². The summed E-state index contributed by atoms with van der Waals surface area (Å²) in [5, 5.41) is 6.68. The van der Waals surface area contributed by atoms with Gasteiger partial charge in [-0.3, -0.25) is 0 Å². The summed E-state index contributed by atoms with van der Waals surface area (Å²) >= 11 is 5.21. The molecule has 0 aliphatic carbocycles. The minimum atomic E-state index is -2.83. The van der Waals surface area contributed by atoms with Crippen molar-refractivity contribution in [1.82, 2.24) is 20.6 Å². The number of nitrogens with zero attached hydrogens (tertiary/aromatic N) is 1. The molecule has 1 aromatic carbocycles. The molecule has 2 heterocycles. The lowest BCUT2D eigenvalue weighted by Crippen LogP contribution is -2.38. The van der Waals surface area contributed by atoms with Crippen LogP contribution in [0, 0.1) is 5.92 Å². The Morgan fingerprint density at radius 1 is 1.36 bits per heavy atom. The van der Waals surface area contributed by atoms with Crippen LogP contribution in [0.2, 0.25) is 0 Å². The van der Waals surface area contributed by atoms with Gasteiger partial charge in [0, 0.05) is 6.54 Å². The first kappa shape index (κ1) is 15.2. The van der Waals surface area contributed by atoms with E-state index >= 15 is 0 Å². The van der Waals surface area contributed by atoms with Crippen LogP contribution < -0.4 is 10.6 Å². The second-order valence-corrected chi connectivity index (χ2v) is 8.17. The SMILES string of the molecule is O=S1(=O)CC[C@@H](CNC(=S)NCc2nc3ccccc3[nH]2)C1. The van der Waals surface area contributed by atoms with Crippen molar-refractivity contribution in [2.75, 3.05) is 18.1 Å². The number of aromatic nitrogens is 2. The molecule has 1 saturated heterocycles. The highest BCUT2D eigenvalue weighted by Crippen LogP contribution is 2.17. The molecular formula is C14H18N4O2S2. The summed E-state index contributed by atoms with van der Waals surface area (Å²) in [4.78, 5) is 7.68. The van der Waals surface area contributed by atoms with E-state index in [0.717, 1.165) is 16.9 Å². The fourth-order valence-corrected chi connectivity index (χ4v) is 4.60. The molecule has 1 aromatic heterocycles. The van der Waals surface area contributed by atoms with Crippen LogP contribution in [-0.2, 0) is 16.4 Å². The van der Waals surface area contributed by atoms with E-state index in [4.69, 9.17) is 12.2 Å². The zero-order chi connectivity index (χ0) is 15.6. The van der Waals surface area contributed by atoms with Gasteiger partial charge in [0.05, 0.1) is 29.1 Å². The predicted molar refractivity (Wildman–Crippen MR) is 90.3 cm³/mol. The molecule has 3 rings (SSSR count). The molecule has 0 unspecified atom stereocenters. The largest absolute Gasteiger partial charge is 0.362 e. The van der Waals surface area contributed by atoms with E-state index in [9.17, 15) is 8.42 Å². The number of benzene rings is 1. The highest BCUT2D eigenvalue weighted by molar-refractivity contribution is 7.91. The van der Waals surface area contributed by atoms with Crippen LogP contribution in [0.4, 0.5) is 0 Å². The molecule has 2 aromatic rings. The second-order valence-electron chi connectivity index (χ2n) is 5.53. The average molecular weight is 338 g/mol. The maximum Gasteiger partial charge on any atom is 0.166 e. The Bertz CT molecular complexity index is 752. The number of para-hydroxylation sites is 2. The van der Waals surface area contributed by atoms with Crippen LogP contribution in [0.15, 0.2) is 24.3 Å². The zero-order valence-electron chi connectivity index (χ0n) is 12.0. The summed E-state index contributed by atoms with van der Waals surface area (Å²) in [6, 6.07) is 7.83. The molecule has 22 heavy (non-hydrogen) atoms. The van der Waals surface area contributed by atoms with Crippen molar-refractivity contribution in [3.05, 3.63) is 30.1 Å². The van der Waals surface area contributed by atoms with Crippen LogP contribution in [0.25, 0.3) is 11.0 Å². The summed E-state index contributed by atoms with van der Waals surface area (Å²) in [5.74, 6) is 1.51. The van der Waals surface area contributed by atoms with Gasteiger partial charge in [0.25, 0.3) is 0 Å². The number of imidazole rings is 1. The highest BCUT2D eigenvalue weighted by Gasteiger charge is 2.27. The van der Waals surface area contributed by atoms with E-state index in [2.05, 4.69) is 20.6 Å². The molecule has 0 spiro atoms. The minimum absolute atomic E-state index is 0.149. The number of nitrogens with one attached hydrogen (secondary N) is 3. The van der Waals surface area contributed by atoms with E-state index in [1.165, 1.54) is 0 Å². The number of thiocarbonyl (C=S) groups is 1. The zero-order valence-corrected chi connectivity index (χ0v) is 13.6. The van der Waals surface area contributed by atoms with Gasteiger partial charge in [-0.15, -0.1) is 0 Å². The Balaban J connectivity index is 1.46. The van der Waals surface area contributed by atoms with E-state index < -0.39 is 9.84 Å². The van der Waals surface area contributed by atoms with Crippen molar-refractivity contribution in [2.24, 2.45) is 5.92 Å². The van der Waals surface area contributed by atoms with Crippen molar-refractivity contribution < 1.29 is 8.42 Å². The predicted octanol–water partition coefficient (Wildman–Crippen LogP) is 0.962. The molecule has 1 aliphatic rings. The molecule has 1 atom stereocenters. The number of fused-ring (bicyclic) bond motifs is 1. The Morgan fingerprint density at radius 2 is 2.18 bits per heavy atom. The Morgan fingerprint density at radius 3 is 2.91 bits per heavy atom. The van der Waals surface area contributed by atoms with Gasteiger partial charge in [0.15, 0.2) is 14.9 Å². The second kappa shape index (κ2) is 6.21. The van der Waals surface area contributed by atoms with Crippen LogP contribution in [0.3, 0.4) is 0 Å². The average Bonchev–Trinajstić information content (AvgIpc) is 3.05. The first-order chi connectivity index (χ1) is 10.5. The Kier molecular flexibility index (Phi) is 4.30. The first-order valence-corrected chi connectivity index (χ1v) is 9.40. The van der Waals surface area contributed by atoms with Crippen LogP contribution in [0.1, 0.15) is 12.2 Å². The van der Waals surface area contributed by atoms with Gasteiger partial charge in [-0.25, -0.2) is 13.4 Å². The van der Waals surface area contributed by atoms with E-state index in [1.807, 2.05) is 24.3 Å². The molecule has 0 bridgehead atoms. The van der Waals surface area contributed by atoms with E-state index in [1.54, 1.807) is 0 Å². The summed E-state index contributed by atoms with van der Waals surface area (Å²) in [5.41, 5.74) is 1.92. The topological polar surface area (TPSA) is 86.9 Å². The summed E-state index contributed by atoms with van der Waals surface area (Å²) in [6.07, 6.45) is 0.710. The first-order valence-electron chi connectivity index (χ1n) is 7.17. The van der Waals surface area contributed by atoms with Gasteiger partial charge in [-0.2, -0.15) is 0 Å². The third kappa shape index (κ3) is 3.75. The monoisotopic (exact) mass is 338 g/mol. The molecule has 0 saturated carbocycles. The molecule has 118 valence electrons.